The van der Waals surface area contributed by atoms with Crippen molar-refractivity contribution in [3.8, 4) is 0 Å². The van der Waals surface area contributed by atoms with Crippen LogP contribution in [0.2, 0.25) is 0 Å². The van der Waals surface area contributed by atoms with Gasteiger partial charge >= 0.3 is 17.3 Å². The van der Waals surface area contributed by atoms with Crippen LogP contribution >= 0.6 is 12.6 Å². The zero-order chi connectivity index (χ0) is 12.1. The number of rotatable bonds is 4. The summed E-state index contributed by atoms with van der Waals surface area (Å²) in [5, 5.41) is 4.95. The molecule has 0 atom stereocenters. The maximum atomic E-state index is 12.2. The Balaban J connectivity index is 3.91. The minimum atomic E-state index is -5.55. The van der Waals surface area contributed by atoms with E-state index in [0.717, 1.165) is 0 Å². The second-order valence-electron chi connectivity index (χ2n) is 2.55. The SMILES string of the molecule is O=C(S)N=NCCCC(F)(F)C(F)(F)F. The summed E-state index contributed by atoms with van der Waals surface area (Å²) >= 11 is 3.18. The molecule has 0 unspecified atom stereocenters. The molecule has 0 aliphatic rings. The number of carbonyl (C=O) groups is 1. The molecule has 15 heavy (non-hydrogen) atoms. The molecule has 0 N–H and O–H groups in total. The standard InChI is InChI=1S/C6H7F5N2OS/c7-5(8,6(9,10)11)2-1-3-12-13-4(14)15/h1-3H2,(H,14,15). The molecular weight excluding hydrogens is 243 g/mol. The molecule has 0 spiro atoms. The molecule has 1 amide bonds. The Labute approximate surface area is 87.2 Å². The van der Waals surface area contributed by atoms with Gasteiger partial charge in [-0.1, -0.05) is 12.6 Å². The first-order valence-electron chi connectivity index (χ1n) is 3.72. The third kappa shape index (κ3) is 5.65. The van der Waals surface area contributed by atoms with Crippen LogP contribution in [-0.2, 0) is 0 Å². The topological polar surface area (TPSA) is 41.8 Å². The number of hydrogen-bond acceptors (Lipinski definition) is 2. The molecule has 0 fully saturated rings. The average Bonchev–Trinajstić information content (AvgIpc) is 2.00. The van der Waals surface area contributed by atoms with E-state index in [0.29, 0.717) is 0 Å². The van der Waals surface area contributed by atoms with Crippen LogP contribution in [0, 0.1) is 0 Å². The Morgan fingerprint density at radius 3 is 2.13 bits per heavy atom. The van der Waals surface area contributed by atoms with Gasteiger partial charge in [-0.25, -0.2) is 0 Å². The number of thiol groups is 1. The summed E-state index contributed by atoms with van der Waals surface area (Å²) in [6.07, 6.45) is -7.45. The minimum absolute atomic E-state index is 0.377. The number of amides is 1. The molecule has 0 aromatic rings. The van der Waals surface area contributed by atoms with E-state index in [9.17, 15) is 26.7 Å². The number of carbonyl (C=O) groups excluding carboxylic acids is 1. The van der Waals surface area contributed by atoms with E-state index < -0.39 is 30.2 Å². The molecule has 0 rings (SSSR count). The number of nitrogens with zero attached hydrogens (tertiary/aromatic N) is 2. The Bertz CT molecular complexity index is 252. The van der Waals surface area contributed by atoms with Gasteiger partial charge in [-0.2, -0.15) is 27.1 Å². The Kier molecular flexibility index (Phi) is 5.12. The molecule has 0 saturated heterocycles. The van der Waals surface area contributed by atoms with E-state index in [2.05, 4.69) is 22.9 Å². The van der Waals surface area contributed by atoms with Crippen LogP contribution in [0.25, 0.3) is 0 Å². The normalized spacial score (nSPS) is 13.5. The lowest BCUT2D eigenvalue weighted by atomic mass is 10.2. The molecule has 88 valence electrons. The predicted octanol–water partition coefficient (Wildman–Crippen LogP) is 3.47. The van der Waals surface area contributed by atoms with Crippen LogP contribution in [0.3, 0.4) is 0 Å². The lowest BCUT2D eigenvalue weighted by molar-refractivity contribution is -0.284. The number of alkyl halides is 5. The molecule has 0 radical (unpaired) electrons. The van der Waals surface area contributed by atoms with E-state index in [-0.39, 0.29) is 6.54 Å². The summed E-state index contributed by atoms with van der Waals surface area (Å²) in [6, 6.07) is 0. The maximum absolute atomic E-state index is 12.2. The van der Waals surface area contributed by atoms with E-state index in [1.54, 1.807) is 0 Å². The lowest BCUT2D eigenvalue weighted by Gasteiger charge is -2.18. The Morgan fingerprint density at radius 2 is 1.73 bits per heavy atom. The van der Waals surface area contributed by atoms with Crippen molar-refractivity contribution in [2.45, 2.75) is 24.9 Å². The first kappa shape index (κ1) is 14.3. The van der Waals surface area contributed by atoms with Crippen LogP contribution in [0.4, 0.5) is 26.7 Å². The quantitative estimate of drug-likeness (QED) is 0.353. The molecule has 0 aromatic carbocycles. The van der Waals surface area contributed by atoms with E-state index in [1.165, 1.54) is 0 Å². The van der Waals surface area contributed by atoms with Crippen LogP contribution in [0.1, 0.15) is 12.8 Å². The number of azo groups is 1. The summed E-state index contributed by atoms with van der Waals surface area (Å²) in [6.45, 7) is -0.377. The van der Waals surface area contributed by atoms with Crippen LogP contribution in [0.5, 0.6) is 0 Å². The molecule has 0 saturated carbocycles. The summed E-state index contributed by atoms with van der Waals surface area (Å²) < 4.78 is 59.3. The van der Waals surface area contributed by atoms with Crippen molar-refractivity contribution < 1.29 is 26.7 Å². The highest BCUT2D eigenvalue weighted by Gasteiger charge is 2.56. The summed E-state index contributed by atoms with van der Waals surface area (Å²) in [4.78, 5) is 10.0. The zero-order valence-corrected chi connectivity index (χ0v) is 8.16. The van der Waals surface area contributed by atoms with Gasteiger partial charge in [0.05, 0.1) is 6.54 Å². The number of hydrogen-bond donors (Lipinski definition) is 1. The Morgan fingerprint density at radius 1 is 1.20 bits per heavy atom. The summed E-state index contributed by atoms with van der Waals surface area (Å²) in [7, 11) is 0. The molecule has 0 aromatic heterocycles. The van der Waals surface area contributed by atoms with Crippen LogP contribution in [0.15, 0.2) is 10.2 Å². The first-order chi connectivity index (χ1) is 6.67. The zero-order valence-electron chi connectivity index (χ0n) is 7.26. The minimum Gasteiger partial charge on any atom is -0.258 e. The molecule has 0 bridgehead atoms. The lowest BCUT2D eigenvalue weighted by Crippen LogP contribution is -2.36. The van der Waals surface area contributed by atoms with Crippen molar-refractivity contribution in [1.82, 2.24) is 0 Å². The highest BCUT2D eigenvalue weighted by Crippen LogP contribution is 2.38. The fourth-order valence-electron chi connectivity index (χ4n) is 0.624. The molecule has 9 heteroatoms. The summed E-state index contributed by atoms with van der Waals surface area (Å²) in [5.41, 5.74) is 0. The van der Waals surface area contributed by atoms with Crippen molar-refractivity contribution in [2.75, 3.05) is 6.54 Å². The van der Waals surface area contributed by atoms with Gasteiger partial charge in [-0.15, -0.1) is 5.11 Å². The van der Waals surface area contributed by atoms with Crippen molar-refractivity contribution in [3.05, 3.63) is 0 Å². The van der Waals surface area contributed by atoms with Gasteiger partial charge in [0.1, 0.15) is 0 Å². The van der Waals surface area contributed by atoms with Gasteiger partial charge in [0.2, 0.25) is 0 Å². The largest absolute Gasteiger partial charge is 0.453 e. The van der Waals surface area contributed by atoms with Crippen molar-refractivity contribution in [2.24, 2.45) is 10.2 Å². The summed E-state index contributed by atoms with van der Waals surface area (Å²) in [5.74, 6) is -4.73. The highest BCUT2D eigenvalue weighted by atomic mass is 32.1. The maximum Gasteiger partial charge on any atom is 0.453 e. The molecule has 3 nitrogen and oxygen atoms in total. The molecule has 0 aliphatic heterocycles. The smallest absolute Gasteiger partial charge is 0.258 e. The van der Waals surface area contributed by atoms with Gasteiger partial charge < -0.3 is 0 Å². The van der Waals surface area contributed by atoms with Gasteiger partial charge in [0.15, 0.2) is 0 Å². The molecule has 0 heterocycles. The van der Waals surface area contributed by atoms with E-state index in [4.69, 9.17) is 0 Å². The highest BCUT2D eigenvalue weighted by molar-refractivity contribution is 7.96. The monoisotopic (exact) mass is 250 g/mol. The van der Waals surface area contributed by atoms with Crippen molar-refractivity contribution >= 4 is 17.9 Å². The Hall–Kier alpha value is -0.730. The molecular formula is C6H7F5N2OS. The van der Waals surface area contributed by atoms with Gasteiger partial charge in [0, 0.05) is 6.42 Å². The fraction of sp³-hybridized carbons (Fsp3) is 0.833. The average molecular weight is 250 g/mol. The van der Waals surface area contributed by atoms with Crippen molar-refractivity contribution in [3.63, 3.8) is 0 Å². The number of halogens is 5. The van der Waals surface area contributed by atoms with Crippen LogP contribution < -0.4 is 0 Å². The van der Waals surface area contributed by atoms with Crippen LogP contribution in [-0.4, -0.2) is 23.9 Å². The first-order valence-corrected chi connectivity index (χ1v) is 4.16. The second-order valence-corrected chi connectivity index (χ2v) is 2.94. The molecule has 0 aliphatic carbocycles. The third-order valence-electron chi connectivity index (χ3n) is 1.32. The van der Waals surface area contributed by atoms with Gasteiger partial charge in [0.25, 0.3) is 0 Å². The third-order valence-corrected chi connectivity index (χ3v) is 1.41. The van der Waals surface area contributed by atoms with Gasteiger partial charge in [-0.05, 0) is 6.42 Å². The fourth-order valence-corrected chi connectivity index (χ4v) is 0.687. The van der Waals surface area contributed by atoms with E-state index in [1.807, 2.05) is 0 Å². The second kappa shape index (κ2) is 5.38. The van der Waals surface area contributed by atoms with Crippen molar-refractivity contribution in [1.29, 1.82) is 0 Å². The predicted molar refractivity (Wildman–Crippen MR) is 44.3 cm³/mol. The van der Waals surface area contributed by atoms with Gasteiger partial charge in [-0.3, -0.25) is 4.79 Å². The van der Waals surface area contributed by atoms with E-state index >= 15 is 0 Å².